The number of carbonyl (C=O) groups is 1. The molecule has 2 aliphatic rings. The molecule has 2 fully saturated rings. The molecule has 2 aliphatic carbocycles. The van der Waals surface area contributed by atoms with Crippen LogP contribution in [0.15, 0.2) is 6.07 Å². The number of thiophene rings is 1. The third-order valence-electron chi connectivity index (χ3n) is 4.46. The molecular weight excluding hydrogens is 256 g/mol. The summed E-state index contributed by atoms with van der Waals surface area (Å²) in [5.74, 6) is 1.11. The first-order chi connectivity index (χ1) is 9.02. The van der Waals surface area contributed by atoms with E-state index in [0.29, 0.717) is 16.0 Å². The fourth-order valence-corrected chi connectivity index (χ4v) is 3.86. The Morgan fingerprint density at radius 3 is 2.74 bits per heavy atom. The van der Waals surface area contributed by atoms with Gasteiger partial charge in [0.1, 0.15) is 0 Å². The van der Waals surface area contributed by atoms with Crippen LogP contribution in [0, 0.1) is 17.3 Å². The number of nitrogens with two attached hydrogens (primary N) is 1. The van der Waals surface area contributed by atoms with Crippen molar-refractivity contribution in [1.29, 1.82) is 0 Å². The third-order valence-corrected chi connectivity index (χ3v) is 5.58. The van der Waals surface area contributed by atoms with Crippen LogP contribution in [0.25, 0.3) is 0 Å². The van der Waals surface area contributed by atoms with Gasteiger partial charge in [-0.25, -0.2) is 0 Å². The van der Waals surface area contributed by atoms with Crippen LogP contribution in [0.2, 0.25) is 0 Å². The van der Waals surface area contributed by atoms with Crippen LogP contribution in [0.5, 0.6) is 0 Å². The first-order valence-electron chi connectivity index (χ1n) is 7.19. The highest BCUT2D eigenvalue weighted by molar-refractivity contribution is 7.18. The molecule has 3 rings (SSSR count). The van der Waals surface area contributed by atoms with E-state index in [4.69, 9.17) is 5.73 Å². The molecular formula is C15H22N2OS. The summed E-state index contributed by atoms with van der Waals surface area (Å²) < 4.78 is 0. The Bertz CT molecular complexity index is 498. The largest absolute Gasteiger partial charge is 0.397 e. The minimum Gasteiger partial charge on any atom is -0.397 e. The number of hydrogen-bond acceptors (Lipinski definition) is 4. The van der Waals surface area contributed by atoms with E-state index >= 15 is 0 Å². The topological polar surface area (TPSA) is 55.1 Å². The van der Waals surface area contributed by atoms with Crippen molar-refractivity contribution >= 4 is 27.8 Å². The van der Waals surface area contributed by atoms with Gasteiger partial charge in [-0.3, -0.25) is 4.79 Å². The van der Waals surface area contributed by atoms with Gasteiger partial charge in [0.2, 0.25) is 0 Å². The maximum atomic E-state index is 12.0. The van der Waals surface area contributed by atoms with Gasteiger partial charge in [-0.2, -0.15) is 0 Å². The number of anilines is 2. The summed E-state index contributed by atoms with van der Waals surface area (Å²) >= 11 is 1.51. The molecule has 0 atom stereocenters. The summed E-state index contributed by atoms with van der Waals surface area (Å²) in [5, 5.41) is 4.56. The predicted molar refractivity (Wildman–Crippen MR) is 80.8 cm³/mol. The number of Topliss-reactive ketones (excluding diaryl/α,β-unsaturated/α-hetero) is 1. The Morgan fingerprint density at radius 2 is 2.21 bits per heavy atom. The van der Waals surface area contributed by atoms with E-state index in [1.807, 2.05) is 19.9 Å². The first kappa shape index (κ1) is 13.0. The van der Waals surface area contributed by atoms with Crippen LogP contribution < -0.4 is 11.1 Å². The third kappa shape index (κ3) is 2.50. The molecule has 1 heterocycles. The van der Waals surface area contributed by atoms with Gasteiger partial charge >= 0.3 is 0 Å². The van der Waals surface area contributed by atoms with Crippen molar-refractivity contribution < 1.29 is 4.79 Å². The normalized spacial score (nSPS) is 20.6. The van der Waals surface area contributed by atoms with E-state index < -0.39 is 0 Å². The second-order valence-electron chi connectivity index (χ2n) is 6.40. The number of nitrogens with one attached hydrogen (secondary N) is 1. The monoisotopic (exact) mass is 278 g/mol. The van der Waals surface area contributed by atoms with E-state index in [1.54, 1.807) is 0 Å². The Morgan fingerprint density at radius 1 is 1.53 bits per heavy atom. The second-order valence-corrected chi connectivity index (χ2v) is 7.46. The van der Waals surface area contributed by atoms with Crippen LogP contribution in [0.1, 0.15) is 49.2 Å². The molecule has 0 bridgehead atoms. The SMILES string of the molecule is CC(C)C(=O)c1sc(NCC2(C3CC3)CC2)cc1N. The predicted octanol–water partition coefficient (Wildman–Crippen LogP) is 3.77. The molecule has 104 valence electrons. The summed E-state index contributed by atoms with van der Waals surface area (Å²) in [6.07, 6.45) is 5.54. The fraction of sp³-hybridized carbons (Fsp3) is 0.667. The number of rotatable bonds is 6. The zero-order valence-electron chi connectivity index (χ0n) is 11.7. The number of ketones is 1. The van der Waals surface area contributed by atoms with Gasteiger partial charge in [0, 0.05) is 12.5 Å². The molecule has 1 aromatic heterocycles. The van der Waals surface area contributed by atoms with Crippen LogP contribution >= 0.6 is 11.3 Å². The van der Waals surface area contributed by atoms with Crippen LogP contribution in [0.4, 0.5) is 10.7 Å². The van der Waals surface area contributed by atoms with Crippen molar-refractivity contribution in [3.05, 3.63) is 10.9 Å². The molecule has 0 aromatic carbocycles. The summed E-state index contributed by atoms with van der Waals surface area (Å²) in [5.41, 5.74) is 7.15. The summed E-state index contributed by atoms with van der Waals surface area (Å²) in [7, 11) is 0. The first-order valence-corrected chi connectivity index (χ1v) is 8.01. The van der Waals surface area contributed by atoms with E-state index in [0.717, 1.165) is 17.5 Å². The van der Waals surface area contributed by atoms with Crippen molar-refractivity contribution in [2.45, 2.75) is 39.5 Å². The molecule has 0 saturated heterocycles. The smallest absolute Gasteiger partial charge is 0.177 e. The van der Waals surface area contributed by atoms with Crippen molar-refractivity contribution in [1.82, 2.24) is 0 Å². The number of carbonyl (C=O) groups excluding carboxylic acids is 1. The molecule has 2 saturated carbocycles. The molecule has 0 radical (unpaired) electrons. The van der Waals surface area contributed by atoms with E-state index in [1.165, 1.54) is 37.0 Å². The molecule has 4 heteroatoms. The maximum absolute atomic E-state index is 12.0. The van der Waals surface area contributed by atoms with Gasteiger partial charge in [-0.05, 0) is 43.1 Å². The van der Waals surface area contributed by atoms with Crippen molar-refractivity contribution in [3.8, 4) is 0 Å². The van der Waals surface area contributed by atoms with Gasteiger partial charge in [-0.1, -0.05) is 13.8 Å². The lowest BCUT2D eigenvalue weighted by molar-refractivity contribution is 0.0944. The Hall–Kier alpha value is -1.03. The zero-order chi connectivity index (χ0) is 13.6. The molecule has 0 spiro atoms. The number of nitrogen functional groups attached to an aromatic ring is 1. The standard InChI is InChI=1S/C15H22N2OS/c1-9(2)13(18)14-11(16)7-12(19-14)17-8-15(5-6-15)10-3-4-10/h7,9-10,17H,3-6,8,16H2,1-2H3. The van der Waals surface area contributed by atoms with Crippen molar-refractivity contribution in [2.75, 3.05) is 17.6 Å². The highest BCUT2D eigenvalue weighted by atomic mass is 32.1. The Balaban J connectivity index is 1.65. The van der Waals surface area contributed by atoms with Crippen molar-refractivity contribution in [2.24, 2.45) is 17.3 Å². The zero-order valence-corrected chi connectivity index (χ0v) is 12.5. The van der Waals surface area contributed by atoms with Crippen molar-refractivity contribution in [3.63, 3.8) is 0 Å². The highest BCUT2D eigenvalue weighted by Gasteiger charge is 2.53. The fourth-order valence-electron chi connectivity index (χ4n) is 2.80. The van der Waals surface area contributed by atoms with Crippen LogP contribution in [0.3, 0.4) is 0 Å². The molecule has 1 aromatic rings. The van der Waals surface area contributed by atoms with Gasteiger partial charge in [-0.15, -0.1) is 11.3 Å². The highest BCUT2D eigenvalue weighted by Crippen LogP contribution is 2.61. The Kier molecular flexibility index (Phi) is 3.08. The average molecular weight is 278 g/mol. The van der Waals surface area contributed by atoms with Gasteiger partial charge in [0.15, 0.2) is 5.78 Å². The number of hydrogen-bond donors (Lipinski definition) is 2. The second kappa shape index (κ2) is 4.51. The minimum absolute atomic E-state index is 0.00929. The van der Waals surface area contributed by atoms with Gasteiger partial charge in [0.05, 0.1) is 15.6 Å². The average Bonchev–Trinajstić information content (AvgIpc) is 3.23. The molecule has 3 N–H and O–H groups in total. The Labute approximate surface area is 118 Å². The lowest BCUT2D eigenvalue weighted by Crippen LogP contribution is -2.16. The molecule has 0 unspecified atom stereocenters. The quantitative estimate of drug-likeness (QED) is 0.779. The van der Waals surface area contributed by atoms with E-state index in [-0.39, 0.29) is 11.7 Å². The van der Waals surface area contributed by atoms with Gasteiger partial charge in [0.25, 0.3) is 0 Å². The van der Waals surface area contributed by atoms with Crippen LogP contribution in [-0.2, 0) is 0 Å². The minimum atomic E-state index is 0.00929. The van der Waals surface area contributed by atoms with Gasteiger partial charge < -0.3 is 11.1 Å². The summed E-state index contributed by atoms with van der Waals surface area (Å²) in [4.78, 5) is 12.7. The van der Waals surface area contributed by atoms with E-state index in [2.05, 4.69) is 5.32 Å². The lowest BCUT2D eigenvalue weighted by Gasteiger charge is -2.14. The maximum Gasteiger partial charge on any atom is 0.177 e. The molecule has 19 heavy (non-hydrogen) atoms. The summed E-state index contributed by atoms with van der Waals surface area (Å²) in [6, 6.07) is 1.92. The molecule has 0 aliphatic heterocycles. The lowest BCUT2D eigenvalue weighted by atomic mass is 10.0. The summed E-state index contributed by atoms with van der Waals surface area (Å²) in [6.45, 7) is 4.88. The van der Waals surface area contributed by atoms with Crippen LogP contribution in [-0.4, -0.2) is 12.3 Å². The van der Waals surface area contributed by atoms with E-state index in [9.17, 15) is 4.79 Å². The molecule has 3 nitrogen and oxygen atoms in total. The molecule has 0 amide bonds.